The van der Waals surface area contributed by atoms with Crippen molar-refractivity contribution in [3.63, 3.8) is 0 Å². The quantitative estimate of drug-likeness (QED) is 0.438. The molecule has 5 N–H and O–H groups in total. The summed E-state index contributed by atoms with van der Waals surface area (Å²) in [5, 5.41) is 25.1. The van der Waals surface area contributed by atoms with Gasteiger partial charge in [-0.1, -0.05) is 0 Å². The zero-order chi connectivity index (χ0) is 17.6. The topological polar surface area (TPSA) is 143 Å². The van der Waals surface area contributed by atoms with Gasteiger partial charge >= 0.3 is 0 Å². The summed E-state index contributed by atoms with van der Waals surface area (Å²) in [7, 11) is 0. The maximum Gasteiger partial charge on any atom is 0.155 e. The molecule has 0 bridgehead atoms. The minimum atomic E-state index is -0.125. The fourth-order valence-electron chi connectivity index (χ4n) is 0.882. The Kier molecular flexibility index (Phi) is 30.2. The fourth-order valence-corrected chi connectivity index (χ4v) is 0.882. The molecule has 0 unspecified atom stereocenters. The average molecular weight is 457 g/mol. The van der Waals surface area contributed by atoms with Gasteiger partial charge in [-0.05, 0) is 41.5 Å². The van der Waals surface area contributed by atoms with Gasteiger partial charge in [0.15, 0.2) is 17.3 Å². The minimum Gasteiger partial charge on any atom is -0.512 e. The van der Waals surface area contributed by atoms with Crippen LogP contribution in [0.1, 0.15) is 41.5 Å². The third kappa shape index (κ3) is 63.1. The van der Waals surface area contributed by atoms with Gasteiger partial charge in [0.25, 0.3) is 0 Å². The standard InChI is InChI=1S/3C5H8O2.La.H2O/c3*1-4(6)3-5(2)7;;/h3*3,6H,1-2H3;;1H2/b3*4-3-;;. The van der Waals surface area contributed by atoms with Crippen molar-refractivity contribution in [1.29, 1.82) is 0 Å². The summed E-state index contributed by atoms with van der Waals surface area (Å²) in [4.78, 5) is 30.1. The molecule has 0 heterocycles. The summed E-state index contributed by atoms with van der Waals surface area (Å²) in [6.45, 7) is 8.54. The van der Waals surface area contributed by atoms with Crippen LogP contribution < -0.4 is 0 Å². The predicted molar refractivity (Wildman–Crippen MR) is 84.8 cm³/mol. The molecule has 1 radical (unpaired) electrons. The number of carbonyl (C=O) groups excluding carboxylic acids is 3. The van der Waals surface area contributed by atoms with Gasteiger partial charge in [-0.15, -0.1) is 0 Å². The number of aliphatic hydroxyl groups is 3. The van der Waals surface area contributed by atoms with Crippen molar-refractivity contribution < 1.29 is 70.8 Å². The van der Waals surface area contributed by atoms with E-state index in [4.69, 9.17) is 15.3 Å². The Balaban J connectivity index is -0.0000000675. The first-order valence-electron chi connectivity index (χ1n) is 6.02. The molecule has 7 nitrogen and oxygen atoms in total. The Hall–Kier alpha value is -1.22. The summed E-state index contributed by atoms with van der Waals surface area (Å²) in [6, 6.07) is 0. The number of aliphatic hydroxyl groups excluding tert-OH is 3. The Morgan fingerprint density at radius 3 is 0.696 bits per heavy atom. The monoisotopic (exact) mass is 457 g/mol. The molecule has 0 aliphatic carbocycles. The smallest absolute Gasteiger partial charge is 0.155 e. The summed E-state index contributed by atoms with van der Waals surface area (Å²) in [5.41, 5.74) is 0. The third-order valence-corrected chi connectivity index (χ3v) is 1.24. The second-order valence-corrected chi connectivity index (χ2v) is 4.19. The molecule has 0 aliphatic heterocycles. The van der Waals surface area contributed by atoms with Crippen LogP contribution >= 0.6 is 0 Å². The van der Waals surface area contributed by atoms with E-state index in [-0.39, 0.29) is 75.7 Å². The molecule has 0 saturated carbocycles. The molecule has 131 valence electrons. The Morgan fingerprint density at radius 2 is 0.696 bits per heavy atom. The van der Waals surface area contributed by atoms with Crippen LogP contribution in [0.15, 0.2) is 35.5 Å². The van der Waals surface area contributed by atoms with E-state index in [0.29, 0.717) is 0 Å². The van der Waals surface area contributed by atoms with E-state index in [1.807, 2.05) is 0 Å². The van der Waals surface area contributed by atoms with E-state index in [9.17, 15) is 14.4 Å². The molecule has 0 aromatic carbocycles. The van der Waals surface area contributed by atoms with Crippen LogP contribution in [-0.2, 0) is 14.4 Å². The number of hydrogen-bond donors (Lipinski definition) is 3. The molecule has 0 aromatic heterocycles. The van der Waals surface area contributed by atoms with E-state index in [1.165, 1.54) is 59.8 Å². The van der Waals surface area contributed by atoms with E-state index in [2.05, 4.69) is 0 Å². The van der Waals surface area contributed by atoms with Gasteiger partial charge in [-0.3, -0.25) is 14.4 Å². The van der Waals surface area contributed by atoms with Crippen LogP contribution in [0.4, 0.5) is 0 Å². The molecule has 23 heavy (non-hydrogen) atoms. The van der Waals surface area contributed by atoms with Crippen LogP contribution in [-0.4, -0.2) is 38.1 Å². The van der Waals surface area contributed by atoms with E-state index in [0.717, 1.165) is 0 Å². The van der Waals surface area contributed by atoms with Crippen molar-refractivity contribution in [1.82, 2.24) is 0 Å². The van der Waals surface area contributed by atoms with Crippen molar-refractivity contribution in [2.45, 2.75) is 41.5 Å². The largest absolute Gasteiger partial charge is 0.512 e. The second kappa shape index (κ2) is 20.8. The average Bonchev–Trinajstić information content (AvgIpc) is 2.10. The van der Waals surface area contributed by atoms with Gasteiger partial charge in [0, 0.05) is 53.8 Å². The predicted octanol–water partition coefficient (Wildman–Crippen LogP) is 2.29. The molecule has 0 amide bonds. The number of hydrogen-bond acceptors (Lipinski definition) is 6. The Morgan fingerprint density at radius 1 is 0.565 bits per heavy atom. The van der Waals surface area contributed by atoms with Gasteiger partial charge in [-0.25, -0.2) is 0 Å². The van der Waals surface area contributed by atoms with Crippen LogP contribution in [0, 0.1) is 35.6 Å². The zero-order valence-corrected chi connectivity index (χ0v) is 18.0. The van der Waals surface area contributed by atoms with Crippen molar-refractivity contribution in [2.24, 2.45) is 0 Å². The van der Waals surface area contributed by atoms with Gasteiger partial charge in [0.1, 0.15) is 0 Å². The molecular weight excluding hydrogens is 431 g/mol. The Labute approximate surface area is 164 Å². The van der Waals surface area contributed by atoms with Gasteiger partial charge in [0.2, 0.25) is 0 Å². The normalized spacial score (nSPS) is 10.4. The summed E-state index contributed by atoms with van der Waals surface area (Å²) in [5.74, 6) is -0.187. The number of carbonyl (C=O) groups is 3. The molecule has 0 fully saturated rings. The van der Waals surface area contributed by atoms with Crippen LogP contribution in [0.3, 0.4) is 0 Å². The first-order valence-corrected chi connectivity index (χ1v) is 6.02. The first-order chi connectivity index (χ1) is 9.38. The second-order valence-electron chi connectivity index (χ2n) is 4.19. The summed E-state index contributed by atoms with van der Waals surface area (Å²) < 4.78 is 0. The van der Waals surface area contributed by atoms with Crippen molar-refractivity contribution in [3.8, 4) is 0 Å². The fraction of sp³-hybridized carbons (Fsp3) is 0.400. The molecule has 0 aromatic rings. The van der Waals surface area contributed by atoms with E-state index >= 15 is 0 Å². The van der Waals surface area contributed by atoms with E-state index < -0.39 is 0 Å². The van der Waals surface area contributed by atoms with Crippen LogP contribution in [0.2, 0.25) is 0 Å². The number of allylic oxidation sites excluding steroid dienone is 6. The maximum absolute atomic E-state index is 10.0. The molecule has 0 spiro atoms. The minimum absolute atomic E-state index is 0. The zero-order valence-electron chi connectivity index (χ0n) is 14.4. The molecule has 0 aliphatic rings. The summed E-state index contributed by atoms with van der Waals surface area (Å²) >= 11 is 0. The Bertz CT molecular complexity index is 370. The third-order valence-electron chi connectivity index (χ3n) is 1.24. The van der Waals surface area contributed by atoms with Crippen LogP contribution in [0.25, 0.3) is 0 Å². The van der Waals surface area contributed by atoms with Gasteiger partial charge < -0.3 is 20.8 Å². The van der Waals surface area contributed by atoms with Gasteiger partial charge in [-0.2, -0.15) is 0 Å². The van der Waals surface area contributed by atoms with Crippen molar-refractivity contribution in [2.75, 3.05) is 0 Å². The van der Waals surface area contributed by atoms with Crippen molar-refractivity contribution in [3.05, 3.63) is 35.5 Å². The molecule has 0 saturated heterocycles. The van der Waals surface area contributed by atoms with E-state index in [1.54, 1.807) is 0 Å². The number of rotatable bonds is 3. The molecule has 0 rings (SSSR count). The van der Waals surface area contributed by atoms with Crippen LogP contribution in [0.5, 0.6) is 0 Å². The first kappa shape index (κ1) is 33.4. The molecule has 0 atom stereocenters. The molecular formula is C15H26LaO7. The number of ketones is 3. The molecule has 8 heteroatoms. The summed E-state index contributed by atoms with van der Waals surface area (Å²) in [6.07, 6.45) is 3.50. The van der Waals surface area contributed by atoms with Crippen molar-refractivity contribution >= 4 is 17.3 Å². The maximum atomic E-state index is 10.0. The van der Waals surface area contributed by atoms with Gasteiger partial charge in [0.05, 0.1) is 17.3 Å². The SMILES string of the molecule is CC(=O)/C=C(/C)O.CC(=O)/C=C(/C)O.CC(=O)/C=C(/C)O.O.[La].